The molecule has 0 aliphatic rings. The Labute approximate surface area is 111 Å². The van der Waals surface area contributed by atoms with Crippen molar-refractivity contribution in [2.45, 2.75) is 19.9 Å². The molecule has 0 saturated heterocycles. The molecule has 0 bridgehead atoms. The molecule has 0 spiro atoms. The topological polar surface area (TPSA) is 38.0 Å². The molecule has 3 N–H and O–H groups in total. The Morgan fingerprint density at radius 2 is 2.17 bits per heavy atom. The van der Waals surface area contributed by atoms with Gasteiger partial charge in [0.05, 0.1) is 0 Å². The van der Waals surface area contributed by atoms with Gasteiger partial charge in [0.25, 0.3) is 0 Å². The first-order valence-corrected chi connectivity index (χ1v) is 6.82. The highest BCUT2D eigenvalue weighted by Crippen LogP contribution is 2.18. The van der Waals surface area contributed by atoms with E-state index in [0.717, 1.165) is 30.8 Å². The lowest BCUT2D eigenvalue weighted by Crippen LogP contribution is -2.17. The van der Waals surface area contributed by atoms with Gasteiger partial charge in [-0.05, 0) is 54.6 Å². The van der Waals surface area contributed by atoms with Crippen molar-refractivity contribution in [1.82, 2.24) is 5.32 Å². The number of thiophene rings is 1. The van der Waals surface area contributed by atoms with E-state index in [1.165, 1.54) is 16.5 Å². The number of nitrogen functional groups attached to an aromatic ring is 1. The lowest BCUT2D eigenvalue weighted by atomic mass is 10.1. The zero-order chi connectivity index (χ0) is 13.0. The van der Waals surface area contributed by atoms with Gasteiger partial charge in [-0.3, -0.25) is 0 Å². The summed E-state index contributed by atoms with van der Waals surface area (Å²) >= 11 is 1.66. The molecular formula is C14H17FN2S. The van der Waals surface area contributed by atoms with Crippen molar-refractivity contribution in [3.8, 4) is 0 Å². The summed E-state index contributed by atoms with van der Waals surface area (Å²) in [6, 6.07) is 6.86. The largest absolute Gasteiger partial charge is 0.398 e. The van der Waals surface area contributed by atoms with Crippen LogP contribution in [-0.2, 0) is 13.0 Å². The van der Waals surface area contributed by atoms with Crippen LogP contribution in [0, 0.1) is 12.7 Å². The van der Waals surface area contributed by atoms with Gasteiger partial charge in [-0.25, -0.2) is 4.39 Å². The SMILES string of the molecule is Cc1cc(F)ccc1CCNCc1sccc1N. The minimum absolute atomic E-state index is 0.171. The minimum atomic E-state index is -0.171. The molecule has 0 fully saturated rings. The van der Waals surface area contributed by atoms with Crippen LogP contribution in [0.15, 0.2) is 29.6 Å². The highest BCUT2D eigenvalue weighted by atomic mass is 32.1. The first kappa shape index (κ1) is 13.1. The number of anilines is 1. The quantitative estimate of drug-likeness (QED) is 0.814. The Morgan fingerprint density at radius 1 is 1.33 bits per heavy atom. The first-order valence-electron chi connectivity index (χ1n) is 5.94. The Kier molecular flexibility index (Phi) is 4.33. The summed E-state index contributed by atoms with van der Waals surface area (Å²) in [5, 5.41) is 5.35. The second kappa shape index (κ2) is 5.98. The molecule has 0 unspecified atom stereocenters. The maximum atomic E-state index is 12.9. The molecule has 1 aromatic heterocycles. The second-order valence-corrected chi connectivity index (χ2v) is 5.30. The molecule has 0 aliphatic heterocycles. The van der Waals surface area contributed by atoms with E-state index in [-0.39, 0.29) is 5.82 Å². The third-order valence-electron chi connectivity index (χ3n) is 2.94. The van der Waals surface area contributed by atoms with E-state index < -0.39 is 0 Å². The van der Waals surface area contributed by atoms with Crippen LogP contribution >= 0.6 is 11.3 Å². The van der Waals surface area contributed by atoms with Gasteiger partial charge < -0.3 is 11.1 Å². The van der Waals surface area contributed by atoms with Crippen molar-refractivity contribution in [3.05, 3.63) is 51.5 Å². The predicted octanol–water partition coefficient (Wildman–Crippen LogP) is 3.11. The maximum absolute atomic E-state index is 12.9. The Morgan fingerprint density at radius 3 is 2.83 bits per heavy atom. The van der Waals surface area contributed by atoms with Gasteiger partial charge in [0, 0.05) is 17.1 Å². The van der Waals surface area contributed by atoms with Crippen LogP contribution in [0.4, 0.5) is 10.1 Å². The summed E-state index contributed by atoms with van der Waals surface area (Å²) < 4.78 is 12.9. The molecule has 0 aliphatic carbocycles. The number of nitrogens with one attached hydrogen (secondary N) is 1. The Hall–Kier alpha value is -1.39. The smallest absolute Gasteiger partial charge is 0.123 e. The summed E-state index contributed by atoms with van der Waals surface area (Å²) in [7, 11) is 0. The van der Waals surface area contributed by atoms with Crippen LogP contribution in [-0.4, -0.2) is 6.54 Å². The average molecular weight is 264 g/mol. The summed E-state index contributed by atoms with van der Waals surface area (Å²) in [6.07, 6.45) is 0.900. The van der Waals surface area contributed by atoms with Crippen LogP contribution < -0.4 is 11.1 Å². The van der Waals surface area contributed by atoms with Crippen LogP contribution in [0.3, 0.4) is 0 Å². The van der Waals surface area contributed by atoms with Crippen molar-refractivity contribution in [1.29, 1.82) is 0 Å². The van der Waals surface area contributed by atoms with E-state index in [9.17, 15) is 4.39 Å². The number of aryl methyl sites for hydroxylation is 1. The summed E-state index contributed by atoms with van der Waals surface area (Å²) in [5.74, 6) is -0.171. The van der Waals surface area contributed by atoms with Gasteiger partial charge in [-0.15, -0.1) is 11.3 Å². The molecule has 0 radical (unpaired) electrons. The first-order chi connectivity index (χ1) is 8.66. The fourth-order valence-electron chi connectivity index (χ4n) is 1.86. The van der Waals surface area contributed by atoms with Crippen LogP contribution in [0.5, 0.6) is 0 Å². The number of benzene rings is 1. The lowest BCUT2D eigenvalue weighted by molar-refractivity contribution is 0.624. The third-order valence-corrected chi connectivity index (χ3v) is 3.88. The van der Waals surface area contributed by atoms with E-state index in [1.807, 2.05) is 24.4 Å². The molecule has 4 heteroatoms. The number of rotatable bonds is 5. The van der Waals surface area contributed by atoms with E-state index in [2.05, 4.69) is 5.32 Å². The maximum Gasteiger partial charge on any atom is 0.123 e. The van der Waals surface area contributed by atoms with Crippen molar-refractivity contribution >= 4 is 17.0 Å². The molecule has 0 amide bonds. The molecule has 1 aromatic carbocycles. The van der Waals surface area contributed by atoms with Crippen LogP contribution in [0.1, 0.15) is 16.0 Å². The highest BCUT2D eigenvalue weighted by molar-refractivity contribution is 7.10. The summed E-state index contributed by atoms with van der Waals surface area (Å²) in [4.78, 5) is 1.17. The molecule has 0 atom stereocenters. The minimum Gasteiger partial charge on any atom is -0.398 e. The number of hydrogen-bond acceptors (Lipinski definition) is 3. The molecule has 2 nitrogen and oxygen atoms in total. The average Bonchev–Trinajstić information content (AvgIpc) is 2.73. The van der Waals surface area contributed by atoms with Crippen molar-refractivity contribution in [2.75, 3.05) is 12.3 Å². The molecule has 2 aromatic rings. The number of halogens is 1. The van der Waals surface area contributed by atoms with Gasteiger partial charge in [0.1, 0.15) is 5.82 Å². The normalized spacial score (nSPS) is 10.8. The fraction of sp³-hybridized carbons (Fsp3) is 0.286. The third kappa shape index (κ3) is 3.31. The predicted molar refractivity (Wildman–Crippen MR) is 75.3 cm³/mol. The zero-order valence-corrected chi connectivity index (χ0v) is 11.2. The van der Waals surface area contributed by atoms with E-state index in [1.54, 1.807) is 17.4 Å². The molecular weight excluding hydrogens is 247 g/mol. The van der Waals surface area contributed by atoms with Crippen molar-refractivity contribution in [3.63, 3.8) is 0 Å². The van der Waals surface area contributed by atoms with Crippen molar-refractivity contribution < 1.29 is 4.39 Å². The zero-order valence-electron chi connectivity index (χ0n) is 10.4. The monoisotopic (exact) mass is 264 g/mol. The summed E-state index contributed by atoms with van der Waals surface area (Å²) in [6.45, 7) is 3.60. The van der Waals surface area contributed by atoms with Gasteiger partial charge in [0.15, 0.2) is 0 Å². The second-order valence-electron chi connectivity index (χ2n) is 4.30. The Bertz CT molecular complexity index is 522. The fourth-order valence-corrected chi connectivity index (χ4v) is 2.63. The van der Waals surface area contributed by atoms with Crippen LogP contribution in [0.25, 0.3) is 0 Å². The lowest BCUT2D eigenvalue weighted by Gasteiger charge is -2.07. The van der Waals surface area contributed by atoms with Crippen molar-refractivity contribution in [2.24, 2.45) is 0 Å². The molecule has 0 saturated carbocycles. The van der Waals surface area contributed by atoms with Gasteiger partial charge in [0.2, 0.25) is 0 Å². The number of hydrogen-bond donors (Lipinski definition) is 2. The van der Waals surface area contributed by atoms with Gasteiger partial charge in [-0.1, -0.05) is 6.07 Å². The number of nitrogens with two attached hydrogens (primary N) is 1. The molecule has 96 valence electrons. The van der Waals surface area contributed by atoms with E-state index in [4.69, 9.17) is 5.73 Å². The molecule has 1 heterocycles. The van der Waals surface area contributed by atoms with Gasteiger partial charge in [-0.2, -0.15) is 0 Å². The highest BCUT2D eigenvalue weighted by Gasteiger charge is 2.02. The summed E-state index contributed by atoms with van der Waals surface area (Å²) in [5.41, 5.74) is 8.85. The van der Waals surface area contributed by atoms with E-state index in [0.29, 0.717) is 0 Å². The Balaban J connectivity index is 1.80. The molecule has 2 rings (SSSR count). The van der Waals surface area contributed by atoms with Gasteiger partial charge >= 0.3 is 0 Å². The standard InChI is InChI=1S/C14H17FN2S/c1-10-8-12(15)3-2-11(10)4-6-17-9-14-13(16)5-7-18-14/h2-3,5,7-8,17H,4,6,9,16H2,1H3. The van der Waals surface area contributed by atoms with E-state index >= 15 is 0 Å². The van der Waals surface area contributed by atoms with Crippen LogP contribution in [0.2, 0.25) is 0 Å². The molecule has 18 heavy (non-hydrogen) atoms.